The number of aromatic nitrogens is 1. The fourth-order valence-electron chi connectivity index (χ4n) is 1.77. The summed E-state index contributed by atoms with van der Waals surface area (Å²) in [5.74, 6) is -0.779. The van der Waals surface area contributed by atoms with E-state index in [4.69, 9.17) is 4.74 Å². The predicted octanol–water partition coefficient (Wildman–Crippen LogP) is 3.84. The minimum Gasteiger partial charge on any atom is -0.477 e. The van der Waals surface area contributed by atoms with Crippen molar-refractivity contribution in [3.8, 4) is 0 Å². The van der Waals surface area contributed by atoms with E-state index in [9.17, 15) is 9.90 Å². The highest BCUT2D eigenvalue weighted by Crippen LogP contribution is 2.32. The van der Waals surface area contributed by atoms with Crippen LogP contribution in [0.2, 0.25) is 0 Å². The van der Waals surface area contributed by atoms with E-state index < -0.39 is 5.97 Å². The molecule has 1 N–H and O–H groups in total. The topological polar surface area (TPSA) is 59.4 Å². The standard InChI is InChI=1S/C13H21NO3S/c1-5-7-9(17-6-2)12-14-10(8(3)4)11(18-12)13(15)16/h8-9H,5-7H2,1-4H3,(H,15,16). The van der Waals surface area contributed by atoms with Crippen molar-refractivity contribution in [1.29, 1.82) is 0 Å². The molecule has 1 atom stereocenters. The smallest absolute Gasteiger partial charge is 0.347 e. The summed E-state index contributed by atoms with van der Waals surface area (Å²) in [6, 6.07) is 0. The van der Waals surface area contributed by atoms with Crippen LogP contribution in [0.5, 0.6) is 0 Å². The Labute approximate surface area is 112 Å². The van der Waals surface area contributed by atoms with E-state index in [-0.39, 0.29) is 12.0 Å². The second-order valence-electron chi connectivity index (χ2n) is 4.46. The highest BCUT2D eigenvalue weighted by molar-refractivity contribution is 7.13. The normalized spacial score (nSPS) is 12.9. The van der Waals surface area contributed by atoms with Gasteiger partial charge in [0.25, 0.3) is 0 Å². The van der Waals surface area contributed by atoms with Gasteiger partial charge in [-0.1, -0.05) is 27.2 Å². The lowest BCUT2D eigenvalue weighted by molar-refractivity contribution is 0.0554. The maximum Gasteiger partial charge on any atom is 0.347 e. The third-order valence-corrected chi connectivity index (χ3v) is 3.76. The summed E-state index contributed by atoms with van der Waals surface area (Å²) in [5, 5.41) is 9.99. The van der Waals surface area contributed by atoms with Crippen LogP contribution in [-0.4, -0.2) is 22.7 Å². The number of ether oxygens (including phenoxy) is 1. The number of carboxylic acid groups (broad SMARTS) is 1. The number of carbonyl (C=O) groups is 1. The maximum absolute atomic E-state index is 11.2. The number of rotatable bonds is 7. The Morgan fingerprint density at radius 1 is 1.44 bits per heavy atom. The second-order valence-corrected chi connectivity index (χ2v) is 5.49. The fourth-order valence-corrected chi connectivity index (χ4v) is 2.92. The Balaban J connectivity index is 3.08. The largest absolute Gasteiger partial charge is 0.477 e. The molecule has 4 nitrogen and oxygen atoms in total. The zero-order chi connectivity index (χ0) is 13.7. The minimum atomic E-state index is -0.894. The molecule has 0 aliphatic heterocycles. The molecular weight excluding hydrogens is 250 g/mol. The molecule has 1 rings (SSSR count). The molecule has 5 heteroatoms. The van der Waals surface area contributed by atoms with E-state index in [1.807, 2.05) is 20.8 Å². The van der Waals surface area contributed by atoms with Gasteiger partial charge >= 0.3 is 5.97 Å². The maximum atomic E-state index is 11.2. The molecule has 0 fully saturated rings. The number of hydrogen-bond acceptors (Lipinski definition) is 4. The molecule has 0 aromatic carbocycles. The molecule has 0 radical (unpaired) electrons. The molecule has 1 unspecified atom stereocenters. The summed E-state index contributed by atoms with van der Waals surface area (Å²) in [4.78, 5) is 16.0. The molecule has 1 aromatic rings. The van der Waals surface area contributed by atoms with Gasteiger partial charge in [0, 0.05) is 6.61 Å². The van der Waals surface area contributed by atoms with Crippen molar-refractivity contribution in [2.24, 2.45) is 0 Å². The number of nitrogens with zero attached hydrogens (tertiary/aromatic N) is 1. The molecule has 1 aromatic heterocycles. The Hall–Kier alpha value is -0.940. The molecule has 0 aliphatic carbocycles. The van der Waals surface area contributed by atoms with Gasteiger partial charge in [-0.2, -0.15) is 0 Å². The quantitative estimate of drug-likeness (QED) is 0.818. The van der Waals surface area contributed by atoms with Crippen molar-refractivity contribution < 1.29 is 14.6 Å². The summed E-state index contributed by atoms with van der Waals surface area (Å²) in [6.45, 7) is 8.56. The number of aromatic carboxylic acids is 1. The summed E-state index contributed by atoms with van der Waals surface area (Å²) in [6.07, 6.45) is 1.79. The molecule has 0 aliphatic rings. The molecule has 0 saturated carbocycles. The second kappa shape index (κ2) is 6.85. The molecular formula is C13H21NO3S. The summed E-state index contributed by atoms with van der Waals surface area (Å²) in [5.41, 5.74) is 0.670. The lowest BCUT2D eigenvalue weighted by atomic mass is 10.1. The van der Waals surface area contributed by atoms with Crippen LogP contribution in [-0.2, 0) is 4.74 Å². The van der Waals surface area contributed by atoms with Gasteiger partial charge in [0.2, 0.25) is 0 Å². The zero-order valence-corrected chi connectivity index (χ0v) is 12.2. The number of thiazole rings is 1. The van der Waals surface area contributed by atoms with Crippen molar-refractivity contribution in [3.05, 3.63) is 15.6 Å². The molecule has 0 amide bonds. The van der Waals surface area contributed by atoms with Crippen LogP contribution in [0.15, 0.2) is 0 Å². The molecule has 0 bridgehead atoms. The lowest BCUT2D eigenvalue weighted by Crippen LogP contribution is -2.04. The van der Waals surface area contributed by atoms with Crippen LogP contribution in [0, 0.1) is 0 Å². The van der Waals surface area contributed by atoms with Crippen LogP contribution in [0.25, 0.3) is 0 Å². The van der Waals surface area contributed by atoms with Gasteiger partial charge in [0.1, 0.15) is 16.0 Å². The van der Waals surface area contributed by atoms with E-state index in [1.165, 1.54) is 11.3 Å². The van der Waals surface area contributed by atoms with Crippen molar-refractivity contribution in [1.82, 2.24) is 4.98 Å². The monoisotopic (exact) mass is 271 g/mol. The Morgan fingerprint density at radius 2 is 2.11 bits per heavy atom. The first-order valence-electron chi connectivity index (χ1n) is 6.36. The van der Waals surface area contributed by atoms with Crippen LogP contribution < -0.4 is 0 Å². The summed E-state index contributed by atoms with van der Waals surface area (Å²) < 4.78 is 5.65. The molecule has 0 saturated heterocycles. The average Bonchev–Trinajstić information content (AvgIpc) is 2.73. The van der Waals surface area contributed by atoms with Crippen molar-refractivity contribution in [2.45, 2.75) is 52.6 Å². The zero-order valence-electron chi connectivity index (χ0n) is 11.4. The Kier molecular flexibility index (Phi) is 5.75. The van der Waals surface area contributed by atoms with Gasteiger partial charge in [-0.3, -0.25) is 0 Å². The third kappa shape index (κ3) is 3.53. The first-order valence-corrected chi connectivity index (χ1v) is 7.18. The van der Waals surface area contributed by atoms with Crippen LogP contribution in [0.4, 0.5) is 0 Å². The van der Waals surface area contributed by atoms with Crippen molar-refractivity contribution in [3.63, 3.8) is 0 Å². The third-order valence-electron chi connectivity index (χ3n) is 2.61. The van der Waals surface area contributed by atoms with Gasteiger partial charge in [-0.05, 0) is 19.3 Å². The highest BCUT2D eigenvalue weighted by Gasteiger charge is 2.23. The Morgan fingerprint density at radius 3 is 2.50 bits per heavy atom. The van der Waals surface area contributed by atoms with E-state index in [1.54, 1.807) is 0 Å². The number of carboxylic acids is 1. The first kappa shape index (κ1) is 15.1. The molecule has 0 spiro atoms. The average molecular weight is 271 g/mol. The number of hydrogen-bond donors (Lipinski definition) is 1. The van der Waals surface area contributed by atoms with Crippen LogP contribution in [0.1, 0.15) is 72.9 Å². The van der Waals surface area contributed by atoms with Gasteiger partial charge in [-0.25, -0.2) is 9.78 Å². The summed E-state index contributed by atoms with van der Waals surface area (Å²) >= 11 is 1.25. The van der Waals surface area contributed by atoms with Gasteiger partial charge in [0.15, 0.2) is 0 Å². The van der Waals surface area contributed by atoms with Gasteiger partial charge in [-0.15, -0.1) is 11.3 Å². The van der Waals surface area contributed by atoms with Crippen LogP contribution in [0.3, 0.4) is 0 Å². The van der Waals surface area contributed by atoms with E-state index in [2.05, 4.69) is 11.9 Å². The fraction of sp³-hybridized carbons (Fsp3) is 0.692. The molecule has 102 valence electrons. The van der Waals surface area contributed by atoms with Crippen molar-refractivity contribution >= 4 is 17.3 Å². The van der Waals surface area contributed by atoms with E-state index >= 15 is 0 Å². The Bertz CT molecular complexity index is 395. The van der Waals surface area contributed by atoms with E-state index in [0.717, 1.165) is 17.8 Å². The van der Waals surface area contributed by atoms with Crippen molar-refractivity contribution in [2.75, 3.05) is 6.61 Å². The van der Waals surface area contributed by atoms with Gasteiger partial charge in [0.05, 0.1) is 5.69 Å². The first-order chi connectivity index (χ1) is 8.51. The molecule has 1 heterocycles. The summed E-state index contributed by atoms with van der Waals surface area (Å²) in [7, 11) is 0. The van der Waals surface area contributed by atoms with E-state index in [0.29, 0.717) is 17.2 Å². The predicted molar refractivity (Wildman–Crippen MR) is 72.4 cm³/mol. The lowest BCUT2D eigenvalue weighted by Gasteiger charge is -2.12. The highest BCUT2D eigenvalue weighted by atomic mass is 32.1. The van der Waals surface area contributed by atoms with Crippen LogP contribution >= 0.6 is 11.3 Å². The minimum absolute atomic E-state index is 0.0735. The molecule has 18 heavy (non-hydrogen) atoms. The SMILES string of the molecule is CCCC(OCC)c1nc(C(C)C)c(C(=O)O)s1. The van der Waals surface area contributed by atoms with Gasteiger partial charge < -0.3 is 9.84 Å².